The Morgan fingerprint density at radius 3 is 2.71 bits per heavy atom. The predicted octanol–water partition coefficient (Wildman–Crippen LogP) is 3.43. The summed E-state index contributed by atoms with van der Waals surface area (Å²) in [5.41, 5.74) is 5.99. The van der Waals surface area contributed by atoms with Gasteiger partial charge in [0.25, 0.3) is 11.6 Å². The van der Waals surface area contributed by atoms with Gasteiger partial charge in [-0.05, 0) is 29.8 Å². The van der Waals surface area contributed by atoms with Crippen molar-refractivity contribution in [3.63, 3.8) is 0 Å². The lowest BCUT2D eigenvalue weighted by Crippen LogP contribution is -2.23. The van der Waals surface area contributed by atoms with Crippen LogP contribution in [0.25, 0.3) is 0 Å². The van der Waals surface area contributed by atoms with E-state index < -0.39 is 16.6 Å². The number of carbonyl (C=O) groups excluding carboxylic acids is 1. The maximum absolute atomic E-state index is 13.2. The molecule has 0 aliphatic heterocycles. The van der Waals surface area contributed by atoms with E-state index >= 15 is 0 Å². The van der Waals surface area contributed by atoms with Gasteiger partial charge in [-0.1, -0.05) is 12.1 Å². The quantitative estimate of drug-likeness (QED) is 0.383. The molecule has 0 aliphatic rings. The minimum absolute atomic E-state index is 0.0142. The highest BCUT2D eigenvalue weighted by Crippen LogP contribution is 2.22. The lowest BCUT2D eigenvalue weighted by Gasteiger charge is -2.08. The maximum Gasteiger partial charge on any atom is 0.292 e. The van der Waals surface area contributed by atoms with Gasteiger partial charge in [-0.2, -0.15) is 0 Å². The number of nitrogens with two attached hydrogens (primary N) is 1. The van der Waals surface area contributed by atoms with Crippen molar-refractivity contribution in [3.05, 3.63) is 87.9 Å². The summed E-state index contributed by atoms with van der Waals surface area (Å²) in [5.74, 6) is -0.309. The largest absolute Gasteiger partial charge is 0.439 e. The number of anilines is 1. The molecule has 3 aromatic rings. The van der Waals surface area contributed by atoms with E-state index in [4.69, 9.17) is 10.5 Å². The number of nitrogen functional groups attached to an aromatic ring is 1. The number of nitro groups is 1. The number of carbonyl (C=O) groups is 1. The minimum atomic E-state index is -0.645. The highest BCUT2D eigenvalue weighted by Gasteiger charge is 2.15. The molecule has 0 unspecified atom stereocenters. The molecule has 9 heteroatoms. The Kier molecular flexibility index (Phi) is 5.45. The van der Waals surface area contributed by atoms with Crippen LogP contribution in [0.4, 0.5) is 15.8 Å². The highest BCUT2D eigenvalue weighted by molar-refractivity contribution is 5.95. The summed E-state index contributed by atoms with van der Waals surface area (Å²) in [4.78, 5) is 26.6. The van der Waals surface area contributed by atoms with E-state index in [2.05, 4.69) is 10.3 Å². The normalized spacial score (nSPS) is 10.3. The van der Waals surface area contributed by atoms with Gasteiger partial charge in [0.2, 0.25) is 5.88 Å². The molecule has 0 fully saturated rings. The topological polar surface area (TPSA) is 120 Å². The van der Waals surface area contributed by atoms with Crippen LogP contribution in [0.3, 0.4) is 0 Å². The van der Waals surface area contributed by atoms with Crippen LogP contribution in [0.1, 0.15) is 15.9 Å². The summed E-state index contributed by atoms with van der Waals surface area (Å²) >= 11 is 0. The first kappa shape index (κ1) is 18.8. The molecule has 0 radical (unpaired) electrons. The van der Waals surface area contributed by atoms with Crippen molar-refractivity contribution in [1.82, 2.24) is 10.3 Å². The molecule has 0 atom stereocenters. The number of nitrogens with zero attached hydrogens (tertiary/aromatic N) is 2. The summed E-state index contributed by atoms with van der Waals surface area (Å²) in [7, 11) is 0. The summed E-state index contributed by atoms with van der Waals surface area (Å²) in [6.45, 7) is 0.157. The van der Waals surface area contributed by atoms with Crippen molar-refractivity contribution >= 4 is 17.3 Å². The van der Waals surface area contributed by atoms with Crippen LogP contribution in [0.15, 0.2) is 60.8 Å². The van der Waals surface area contributed by atoms with Crippen LogP contribution in [-0.4, -0.2) is 15.8 Å². The van der Waals surface area contributed by atoms with E-state index in [0.717, 1.165) is 6.07 Å². The molecule has 0 saturated carbocycles. The summed E-state index contributed by atoms with van der Waals surface area (Å²) < 4.78 is 18.6. The fourth-order valence-corrected chi connectivity index (χ4v) is 2.35. The zero-order chi connectivity index (χ0) is 20.1. The SMILES string of the molecule is Nc1ccc(C(=O)NCc2ccc(Oc3cccc(F)c3)nc2)cc1[N+](=O)[O-]. The molecule has 1 amide bonds. The monoisotopic (exact) mass is 382 g/mol. The van der Waals surface area contributed by atoms with Crippen molar-refractivity contribution in [2.45, 2.75) is 6.54 Å². The first-order chi connectivity index (χ1) is 13.4. The average Bonchev–Trinajstić information content (AvgIpc) is 2.67. The van der Waals surface area contributed by atoms with Crippen molar-refractivity contribution < 1.29 is 18.8 Å². The van der Waals surface area contributed by atoms with E-state index in [-0.39, 0.29) is 29.4 Å². The van der Waals surface area contributed by atoms with Gasteiger partial charge >= 0.3 is 0 Å². The number of ether oxygens (including phenoxy) is 1. The third-order valence-electron chi connectivity index (χ3n) is 3.76. The Morgan fingerprint density at radius 1 is 1.21 bits per heavy atom. The minimum Gasteiger partial charge on any atom is -0.439 e. The molecule has 142 valence electrons. The Bertz CT molecular complexity index is 1020. The molecule has 0 saturated heterocycles. The number of nitro benzene ring substituents is 1. The smallest absolute Gasteiger partial charge is 0.292 e. The molecule has 0 spiro atoms. The Morgan fingerprint density at radius 2 is 2.04 bits per heavy atom. The van der Waals surface area contributed by atoms with E-state index in [1.807, 2.05) is 0 Å². The molecule has 3 N–H and O–H groups in total. The molecule has 3 rings (SSSR count). The third kappa shape index (κ3) is 4.58. The van der Waals surface area contributed by atoms with Crippen LogP contribution in [0.5, 0.6) is 11.6 Å². The predicted molar refractivity (Wildman–Crippen MR) is 99.4 cm³/mol. The molecule has 0 aliphatic carbocycles. The number of halogens is 1. The number of amides is 1. The molecule has 1 heterocycles. The lowest BCUT2D eigenvalue weighted by atomic mass is 10.1. The molecule has 0 bridgehead atoms. The number of pyridine rings is 1. The van der Waals surface area contributed by atoms with Crippen molar-refractivity contribution in [2.75, 3.05) is 5.73 Å². The lowest BCUT2D eigenvalue weighted by molar-refractivity contribution is -0.383. The fourth-order valence-electron chi connectivity index (χ4n) is 2.35. The van der Waals surface area contributed by atoms with Gasteiger partial charge in [-0.3, -0.25) is 14.9 Å². The number of hydrogen-bond acceptors (Lipinski definition) is 6. The van der Waals surface area contributed by atoms with Gasteiger partial charge in [0.1, 0.15) is 17.3 Å². The first-order valence-corrected chi connectivity index (χ1v) is 8.13. The summed E-state index contributed by atoms with van der Waals surface area (Å²) in [5, 5.41) is 13.6. The summed E-state index contributed by atoms with van der Waals surface area (Å²) in [6.07, 6.45) is 1.50. The van der Waals surface area contributed by atoms with Crippen molar-refractivity contribution in [2.24, 2.45) is 0 Å². The fraction of sp³-hybridized carbons (Fsp3) is 0.0526. The van der Waals surface area contributed by atoms with Crippen LogP contribution in [0.2, 0.25) is 0 Å². The van der Waals surface area contributed by atoms with E-state index in [9.17, 15) is 19.3 Å². The standard InChI is InChI=1S/C19H15FN4O4/c20-14-2-1-3-15(9-14)28-18-7-4-12(10-22-18)11-23-19(25)13-5-6-16(21)17(8-13)24(26)27/h1-10H,11,21H2,(H,23,25). The van der Waals surface area contributed by atoms with Crippen molar-refractivity contribution in [1.29, 1.82) is 0 Å². The molecule has 28 heavy (non-hydrogen) atoms. The molecular weight excluding hydrogens is 367 g/mol. The van der Waals surface area contributed by atoms with Crippen LogP contribution >= 0.6 is 0 Å². The highest BCUT2D eigenvalue weighted by atomic mass is 19.1. The van der Waals surface area contributed by atoms with Gasteiger partial charge < -0.3 is 15.8 Å². The van der Waals surface area contributed by atoms with Gasteiger partial charge in [0, 0.05) is 36.5 Å². The number of benzene rings is 2. The second kappa shape index (κ2) is 8.12. The number of aromatic nitrogens is 1. The number of hydrogen-bond donors (Lipinski definition) is 2. The molecule has 2 aromatic carbocycles. The maximum atomic E-state index is 13.2. The van der Waals surface area contributed by atoms with Crippen LogP contribution < -0.4 is 15.8 Å². The Balaban J connectivity index is 1.61. The van der Waals surface area contributed by atoms with Gasteiger partial charge in [0.05, 0.1) is 4.92 Å². The molecular formula is C19H15FN4O4. The third-order valence-corrected chi connectivity index (χ3v) is 3.76. The van der Waals surface area contributed by atoms with Gasteiger partial charge in [0.15, 0.2) is 0 Å². The Labute approximate surface area is 158 Å². The van der Waals surface area contributed by atoms with E-state index in [0.29, 0.717) is 11.3 Å². The average molecular weight is 382 g/mol. The van der Waals surface area contributed by atoms with E-state index in [1.54, 1.807) is 18.2 Å². The zero-order valence-corrected chi connectivity index (χ0v) is 14.5. The summed E-state index contributed by atoms with van der Waals surface area (Å²) in [6, 6.07) is 12.8. The number of nitrogens with one attached hydrogen (secondary N) is 1. The second-order valence-electron chi connectivity index (χ2n) is 5.78. The van der Waals surface area contributed by atoms with Gasteiger partial charge in [-0.15, -0.1) is 0 Å². The van der Waals surface area contributed by atoms with Crippen molar-refractivity contribution in [3.8, 4) is 11.6 Å². The first-order valence-electron chi connectivity index (χ1n) is 8.13. The molecule has 8 nitrogen and oxygen atoms in total. The van der Waals surface area contributed by atoms with Gasteiger partial charge in [-0.25, -0.2) is 9.37 Å². The van der Waals surface area contributed by atoms with E-state index in [1.165, 1.54) is 36.5 Å². The van der Waals surface area contributed by atoms with Crippen LogP contribution in [0, 0.1) is 15.9 Å². The zero-order valence-electron chi connectivity index (χ0n) is 14.5. The number of rotatable bonds is 6. The second-order valence-corrected chi connectivity index (χ2v) is 5.78. The molecule has 1 aromatic heterocycles. The van der Waals surface area contributed by atoms with Crippen LogP contribution in [-0.2, 0) is 6.54 Å². The Hall–Kier alpha value is -4.01.